The molecule has 0 spiro atoms. The fraction of sp³-hybridized carbons (Fsp3) is 0.533. The summed E-state index contributed by atoms with van der Waals surface area (Å²) in [6.45, 7) is 10.5. The van der Waals surface area contributed by atoms with Crippen LogP contribution in [0.4, 0.5) is 0 Å². The predicted octanol–water partition coefficient (Wildman–Crippen LogP) is 1.47. The number of ether oxygens (including phenoxy) is 1. The number of hydrogen-bond donors (Lipinski definition) is 0. The number of rotatable bonds is 2. The van der Waals surface area contributed by atoms with E-state index < -0.39 is 0 Å². The smallest absolute Gasteiger partial charge is 0.289 e. The van der Waals surface area contributed by atoms with E-state index in [1.54, 1.807) is 12.1 Å². The van der Waals surface area contributed by atoms with Gasteiger partial charge in [-0.1, -0.05) is 6.58 Å². The van der Waals surface area contributed by atoms with E-state index in [2.05, 4.69) is 11.5 Å². The molecule has 0 aliphatic carbocycles. The van der Waals surface area contributed by atoms with Crippen molar-refractivity contribution in [2.24, 2.45) is 0 Å². The number of allylic oxidation sites excluding steroid dienone is 1. The molecule has 3 heterocycles. The Bertz CT molecular complexity index is 523. The van der Waals surface area contributed by atoms with Crippen molar-refractivity contribution in [3.8, 4) is 0 Å². The van der Waals surface area contributed by atoms with Crippen LogP contribution in [0.1, 0.15) is 23.2 Å². The molecule has 0 bridgehead atoms. The van der Waals surface area contributed by atoms with Gasteiger partial charge in [-0.05, 0) is 24.6 Å². The van der Waals surface area contributed by atoms with Crippen LogP contribution in [0.5, 0.6) is 0 Å². The van der Waals surface area contributed by atoms with E-state index in [4.69, 9.17) is 9.15 Å². The van der Waals surface area contributed by atoms with Crippen molar-refractivity contribution >= 4 is 11.5 Å². The molecule has 3 rings (SSSR count). The molecule has 1 aromatic heterocycles. The number of hydrogen-bond acceptors (Lipinski definition) is 4. The first-order valence-electron chi connectivity index (χ1n) is 7.02. The van der Waals surface area contributed by atoms with Gasteiger partial charge in [0, 0.05) is 26.2 Å². The Morgan fingerprint density at radius 3 is 2.85 bits per heavy atom. The van der Waals surface area contributed by atoms with Gasteiger partial charge in [0.25, 0.3) is 5.91 Å². The Hall–Kier alpha value is -1.59. The molecule has 2 fully saturated rings. The Morgan fingerprint density at radius 2 is 2.10 bits per heavy atom. The van der Waals surface area contributed by atoms with E-state index in [1.165, 1.54) is 0 Å². The van der Waals surface area contributed by atoms with Gasteiger partial charge in [0.2, 0.25) is 0 Å². The van der Waals surface area contributed by atoms with Gasteiger partial charge in [-0.25, -0.2) is 0 Å². The lowest BCUT2D eigenvalue weighted by molar-refractivity contribution is -0.0399. The summed E-state index contributed by atoms with van der Waals surface area (Å²) in [5.41, 5.74) is 0.828. The summed E-state index contributed by atoms with van der Waals surface area (Å²) in [6.07, 6.45) is 0. The van der Waals surface area contributed by atoms with Gasteiger partial charge in [-0.2, -0.15) is 0 Å². The molecule has 0 radical (unpaired) electrons. The summed E-state index contributed by atoms with van der Waals surface area (Å²) in [5, 5.41) is 0. The molecule has 0 aromatic carbocycles. The van der Waals surface area contributed by atoms with Crippen LogP contribution in [0.25, 0.3) is 5.57 Å². The largest absolute Gasteiger partial charge is 0.451 e. The molecule has 5 heteroatoms. The zero-order valence-electron chi connectivity index (χ0n) is 11.8. The van der Waals surface area contributed by atoms with Crippen molar-refractivity contribution < 1.29 is 13.9 Å². The van der Waals surface area contributed by atoms with Gasteiger partial charge < -0.3 is 14.1 Å². The van der Waals surface area contributed by atoms with Gasteiger partial charge in [0.1, 0.15) is 5.76 Å². The first kappa shape index (κ1) is 13.4. The van der Waals surface area contributed by atoms with E-state index >= 15 is 0 Å². The summed E-state index contributed by atoms with van der Waals surface area (Å²) in [4.78, 5) is 16.7. The first-order chi connectivity index (χ1) is 9.65. The normalized spacial score (nSPS) is 23.4. The van der Waals surface area contributed by atoms with Gasteiger partial charge in [0.05, 0.1) is 19.3 Å². The minimum atomic E-state index is -0.0391. The molecular formula is C15H20N2O3. The van der Waals surface area contributed by atoms with Gasteiger partial charge in [-0.3, -0.25) is 9.69 Å². The average Bonchev–Trinajstić information content (AvgIpc) is 2.96. The Kier molecular flexibility index (Phi) is 3.63. The van der Waals surface area contributed by atoms with E-state index in [0.717, 1.165) is 31.8 Å². The number of fused-ring (bicyclic) bond motifs is 1. The van der Waals surface area contributed by atoms with Crippen LogP contribution >= 0.6 is 0 Å². The molecule has 20 heavy (non-hydrogen) atoms. The third-order valence-corrected chi connectivity index (χ3v) is 3.96. The number of piperazine rings is 1. The molecule has 1 amide bonds. The molecule has 1 atom stereocenters. The standard InChI is InChI=1S/C15H20N2O3/c1-11(2)13-3-4-14(20-13)15(18)17-6-5-16-7-8-19-10-12(16)9-17/h3-4,12H,1,5-10H2,2H3. The average molecular weight is 276 g/mol. The van der Waals surface area contributed by atoms with Crippen LogP contribution in [-0.2, 0) is 4.74 Å². The number of morpholine rings is 1. The SMILES string of the molecule is C=C(C)c1ccc(C(=O)N2CCN3CCOCC3C2)o1. The van der Waals surface area contributed by atoms with E-state index in [9.17, 15) is 4.79 Å². The highest BCUT2D eigenvalue weighted by molar-refractivity contribution is 5.92. The van der Waals surface area contributed by atoms with Crippen LogP contribution in [-0.4, -0.2) is 61.1 Å². The Morgan fingerprint density at radius 1 is 1.30 bits per heavy atom. The Labute approximate surface area is 118 Å². The van der Waals surface area contributed by atoms with Crippen molar-refractivity contribution in [3.63, 3.8) is 0 Å². The number of amides is 1. The minimum absolute atomic E-state index is 0.0391. The quantitative estimate of drug-likeness (QED) is 0.820. The number of carbonyl (C=O) groups is 1. The highest BCUT2D eigenvalue weighted by Crippen LogP contribution is 2.19. The van der Waals surface area contributed by atoms with Crippen molar-refractivity contribution in [3.05, 3.63) is 30.2 Å². The molecule has 0 N–H and O–H groups in total. The highest BCUT2D eigenvalue weighted by atomic mass is 16.5. The van der Waals surface area contributed by atoms with E-state index in [1.807, 2.05) is 11.8 Å². The van der Waals surface area contributed by atoms with Crippen molar-refractivity contribution in [2.75, 3.05) is 39.4 Å². The van der Waals surface area contributed by atoms with E-state index in [-0.39, 0.29) is 5.91 Å². The molecule has 1 unspecified atom stereocenters. The van der Waals surface area contributed by atoms with Crippen molar-refractivity contribution in [1.82, 2.24) is 9.80 Å². The lowest BCUT2D eigenvalue weighted by Gasteiger charge is -2.43. The lowest BCUT2D eigenvalue weighted by atomic mass is 10.1. The van der Waals surface area contributed by atoms with Crippen molar-refractivity contribution in [1.29, 1.82) is 0 Å². The third kappa shape index (κ3) is 2.51. The van der Waals surface area contributed by atoms with Gasteiger partial charge in [-0.15, -0.1) is 0 Å². The summed E-state index contributed by atoms with van der Waals surface area (Å²) in [7, 11) is 0. The molecule has 5 nitrogen and oxygen atoms in total. The number of nitrogens with zero attached hydrogens (tertiary/aromatic N) is 2. The topological polar surface area (TPSA) is 45.9 Å². The summed E-state index contributed by atoms with van der Waals surface area (Å²) < 4.78 is 11.1. The van der Waals surface area contributed by atoms with Gasteiger partial charge in [0.15, 0.2) is 5.76 Å². The molecule has 108 valence electrons. The zero-order valence-corrected chi connectivity index (χ0v) is 11.8. The second-order valence-corrected chi connectivity index (χ2v) is 5.46. The molecule has 2 aliphatic heterocycles. The maximum atomic E-state index is 12.5. The predicted molar refractivity (Wildman–Crippen MR) is 75.5 cm³/mol. The second kappa shape index (κ2) is 5.42. The molecule has 2 aliphatic rings. The first-order valence-corrected chi connectivity index (χ1v) is 7.02. The Balaban J connectivity index is 1.69. The summed E-state index contributed by atoms with van der Waals surface area (Å²) in [6, 6.07) is 3.85. The third-order valence-electron chi connectivity index (χ3n) is 3.96. The zero-order chi connectivity index (χ0) is 14.1. The fourth-order valence-corrected chi connectivity index (χ4v) is 2.77. The minimum Gasteiger partial charge on any atom is -0.451 e. The van der Waals surface area contributed by atoms with Crippen LogP contribution in [0.2, 0.25) is 0 Å². The second-order valence-electron chi connectivity index (χ2n) is 5.46. The number of furan rings is 1. The monoisotopic (exact) mass is 276 g/mol. The summed E-state index contributed by atoms with van der Waals surface area (Å²) in [5.74, 6) is 1.03. The lowest BCUT2D eigenvalue weighted by Crippen LogP contribution is -2.59. The van der Waals surface area contributed by atoms with Crippen LogP contribution in [0, 0.1) is 0 Å². The van der Waals surface area contributed by atoms with Crippen LogP contribution < -0.4 is 0 Å². The molecular weight excluding hydrogens is 256 g/mol. The summed E-state index contributed by atoms with van der Waals surface area (Å²) >= 11 is 0. The van der Waals surface area contributed by atoms with Crippen LogP contribution in [0.15, 0.2) is 23.1 Å². The molecule has 2 saturated heterocycles. The maximum absolute atomic E-state index is 12.5. The van der Waals surface area contributed by atoms with Crippen molar-refractivity contribution in [2.45, 2.75) is 13.0 Å². The van der Waals surface area contributed by atoms with E-state index in [0.29, 0.717) is 30.7 Å². The highest BCUT2D eigenvalue weighted by Gasteiger charge is 2.32. The van der Waals surface area contributed by atoms with Crippen LogP contribution in [0.3, 0.4) is 0 Å². The van der Waals surface area contributed by atoms with Gasteiger partial charge >= 0.3 is 0 Å². The maximum Gasteiger partial charge on any atom is 0.289 e. The number of carbonyl (C=O) groups excluding carboxylic acids is 1. The molecule has 1 aromatic rings. The molecule has 0 saturated carbocycles. The fourth-order valence-electron chi connectivity index (χ4n) is 2.77.